The first-order chi connectivity index (χ1) is 18.1. The topological polar surface area (TPSA) is 63.4 Å². The van der Waals surface area contributed by atoms with Crippen molar-refractivity contribution in [3.63, 3.8) is 0 Å². The number of aromatic nitrogens is 3. The molecule has 1 aliphatic rings. The first kappa shape index (κ1) is 23.2. The van der Waals surface area contributed by atoms with Crippen LogP contribution < -0.4 is 4.74 Å². The molecule has 6 rings (SSSR count). The van der Waals surface area contributed by atoms with Crippen molar-refractivity contribution in [2.75, 3.05) is 20.2 Å². The van der Waals surface area contributed by atoms with Crippen LogP contribution >= 0.6 is 0 Å². The van der Waals surface area contributed by atoms with Crippen LogP contribution in [0.5, 0.6) is 11.5 Å². The maximum Gasteiger partial charge on any atom is 0.168 e. The van der Waals surface area contributed by atoms with Gasteiger partial charge in [-0.2, -0.15) is 0 Å². The molecule has 0 atom stereocenters. The van der Waals surface area contributed by atoms with Crippen molar-refractivity contribution in [1.29, 1.82) is 0 Å². The summed E-state index contributed by atoms with van der Waals surface area (Å²) in [5.74, 6) is 0.168. The standard InChI is InChI=1S/C30H27FN4O2/c1-37-23-11-9-22(10-12-23)35-19-33-27-17-32-28(30(36)29(27)35)25-13-8-20(16-26(25)31)24-7-3-2-6-21(24)18-34-14-4-5-15-34/h2-3,6-13,16-17,19,36H,4-5,14-15,18H2,1H3. The number of fused-ring (bicyclic) bond motifs is 1. The zero-order valence-electron chi connectivity index (χ0n) is 20.6. The lowest BCUT2D eigenvalue weighted by Gasteiger charge is -2.18. The second kappa shape index (κ2) is 9.67. The van der Waals surface area contributed by atoms with E-state index in [2.05, 4.69) is 20.9 Å². The smallest absolute Gasteiger partial charge is 0.168 e. The molecular weight excluding hydrogens is 467 g/mol. The number of methoxy groups -OCH3 is 1. The summed E-state index contributed by atoms with van der Waals surface area (Å²) in [5, 5.41) is 11.2. The van der Waals surface area contributed by atoms with Crippen molar-refractivity contribution in [3.8, 4) is 39.6 Å². The van der Waals surface area contributed by atoms with E-state index in [1.807, 2.05) is 48.5 Å². The summed E-state index contributed by atoms with van der Waals surface area (Å²) in [6.07, 6.45) is 5.63. The van der Waals surface area contributed by atoms with Crippen LogP contribution in [0.25, 0.3) is 39.1 Å². The van der Waals surface area contributed by atoms with Crippen molar-refractivity contribution in [2.24, 2.45) is 0 Å². The summed E-state index contributed by atoms with van der Waals surface area (Å²) in [7, 11) is 1.61. The summed E-state index contributed by atoms with van der Waals surface area (Å²) >= 11 is 0. The summed E-state index contributed by atoms with van der Waals surface area (Å²) in [6, 6.07) is 20.7. The third-order valence-corrected chi connectivity index (χ3v) is 7.06. The molecule has 6 nitrogen and oxygen atoms in total. The van der Waals surface area contributed by atoms with Gasteiger partial charge in [0, 0.05) is 17.8 Å². The zero-order chi connectivity index (χ0) is 25.4. The predicted molar refractivity (Wildman–Crippen MR) is 142 cm³/mol. The number of rotatable bonds is 6. The third kappa shape index (κ3) is 4.32. The molecule has 37 heavy (non-hydrogen) atoms. The highest BCUT2D eigenvalue weighted by Gasteiger charge is 2.20. The fourth-order valence-electron chi connectivity index (χ4n) is 5.12. The Morgan fingerprint density at radius 1 is 0.946 bits per heavy atom. The molecule has 3 heterocycles. The van der Waals surface area contributed by atoms with Crippen LogP contribution in [0.4, 0.5) is 4.39 Å². The Morgan fingerprint density at radius 3 is 2.49 bits per heavy atom. The number of pyridine rings is 1. The Bertz CT molecular complexity index is 1570. The normalized spacial score (nSPS) is 13.9. The van der Waals surface area contributed by atoms with E-state index in [1.54, 1.807) is 30.3 Å². The number of hydrogen-bond acceptors (Lipinski definition) is 5. The van der Waals surface area contributed by atoms with Crippen molar-refractivity contribution < 1.29 is 14.2 Å². The molecule has 1 N–H and O–H groups in total. The predicted octanol–water partition coefficient (Wildman–Crippen LogP) is 6.20. The Balaban J connectivity index is 1.38. The number of ether oxygens (including phenoxy) is 1. The number of aromatic hydroxyl groups is 1. The summed E-state index contributed by atoms with van der Waals surface area (Å²) in [4.78, 5) is 11.2. The molecule has 0 bridgehead atoms. The van der Waals surface area contributed by atoms with Gasteiger partial charge in [-0.3, -0.25) is 9.47 Å². The molecule has 1 fully saturated rings. The molecule has 1 aliphatic heterocycles. The lowest BCUT2D eigenvalue weighted by Crippen LogP contribution is -2.18. The van der Waals surface area contributed by atoms with E-state index >= 15 is 4.39 Å². The van der Waals surface area contributed by atoms with Crippen LogP contribution in [0.3, 0.4) is 0 Å². The Morgan fingerprint density at radius 2 is 1.73 bits per heavy atom. The fraction of sp³-hybridized carbons (Fsp3) is 0.200. The second-order valence-electron chi connectivity index (χ2n) is 9.34. The number of halogens is 1. The number of hydrogen-bond donors (Lipinski definition) is 1. The molecule has 7 heteroatoms. The second-order valence-corrected chi connectivity index (χ2v) is 9.34. The van der Waals surface area contributed by atoms with Gasteiger partial charge in [-0.05, 0) is 79.0 Å². The highest BCUT2D eigenvalue weighted by atomic mass is 19.1. The molecule has 0 saturated carbocycles. The minimum absolute atomic E-state index is 0.119. The van der Waals surface area contributed by atoms with Gasteiger partial charge >= 0.3 is 0 Å². The van der Waals surface area contributed by atoms with Crippen LogP contribution in [-0.2, 0) is 6.54 Å². The Hall–Kier alpha value is -4.23. The van der Waals surface area contributed by atoms with Gasteiger partial charge in [-0.1, -0.05) is 30.3 Å². The molecule has 3 aromatic carbocycles. The minimum Gasteiger partial charge on any atom is -0.504 e. The number of nitrogens with zero attached hydrogens (tertiary/aromatic N) is 4. The third-order valence-electron chi connectivity index (χ3n) is 7.06. The highest BCUT2D eigenvalue weighted by Crippen LogP contribution is 2.37. The lowest BCUT2D eigenvalue weighted by molar-refractivity contribution is 0.332. The van der Waals surface area contributed by atoms with Gasteiger partial charge in [-0.15, -0.1) is 0 Å². The number of imidazole rings is 1. The quantitative estimate of drug-likeness (QED) is 0.304. The van der Waals surface area contributed by atoms with Gasteiger partial charge in [0.2, 0.25) is 0 Å². The van der Waals surface area contributed by atoms with Crippen molar-refractivity contribution in [1.82, 2.24) is 19.4 Å². The Labute approximate surface area is 214 Å². The van der Waals surface area contributed by atoms with Gasteiger partial charge in [0.05, 0.1) is 13.3 Å². The van der Waals surface area contributed by atoms with Gasteiger partial charge in [0.15, 0.2) is 5.75 Å². The summed E-state index contributed by atoms with van der Waals surface area (Å²) < 4.78 is 22.6. The molecule has 0 amide bonds. The summed E-state index contributed by atoms with van der Waals surface area (Å²) in [5.41, 5.74) is 5.20. The van der Waals surface area contributed by atoms with Gasteiger partial charge in [0.25, 0.3) is 0 Å². The lowest BCUT2D eigenvalue weighted by atomic mass is 9.97. The SMILES string of the molecule is COc1ccc(-n2cnc3cnc(-c4ccc(-c5ccccc5CN5CCCC5)cc4F)c(O)c32)cc1. The van der Waals surface area contributed by atoms with Gasteiger partial charge in [0.1, 0.15) is 34.6 Å². The van der Waals surface area contributed by atoms with Crippen LogP contribution in [0.2, 0.25) is 0 Å². The number of likely N-dealkylation sites (tertiary alicyclic amines) is 1. The Kier molecular flexibility index (Phi) is 6.06. The first-order valence-corrected chi connectivity index (χ1v) is 12.4. The van der Waals surface area contributed by atoms with E-state index < -0.39 is 5.82 Å². The molecule has 186 valence electrons. The number of benzene rings is 3. The van der Waals surface area contributed by atoms with Gasteiger partial charge in [-0.25, -0.2) is 14.4 Å². The minimum atomic E-state index is -0.439. The molecule has 0 aliphatic carbocycles. The monoisotopic (exact) mass is 494 g/mol. The largest absolute Gasteiger partial charge is 0.504 e. The van der Waals surface area contributed by atoms with E-state index in [-0.39, 0.29) is 17.0 Å². The van der Waals surface area contributed by atoms with Crippen LogP contribution in [0.1, 0.15) is 18.4 Å². The maximum absolute atomic E-state index is 15.6. The van der Waals surface area contributed by atoms with Crippen LogP contribution in [0, 0.1) is 5.82 Å². The van der Waals surface area contributed by atoms with E-state index in [4.69, 9.17) is 4.74 Å². The van der Waals surface area contributed by atoms with Crippen molar-refractivity contribution in [3.05, 3.63) is 90.6 Å². The van der Waals surface area contributed by atoms with E-state index in [0.717, 1.165) is 42.2 Å². The van der Waals surface area contributed by atoms with E-state index in [1.165, 1.54) is 24.5 Å². The summed E-state index contributed by atoms with van der Waals surface area (Å²) in [6.45, 7) is 3.05. The molecule has 0 radical (unpaired) electrons. The van der Waals surface area contributed by atoms with E-state index in [9.17, 15) is 5.11 Å². The van der Waals surface area contributed by atoms with Crippen molar-refractivity contribution >= 4 is 11.0 Å². The average molecular weight is 495 g/mol. The fourth-order valence-corrected chi connectivity index (χ4v) is 5.12. The molecule has 5 aromatic rings. The van der Waals surface area contributed by atoms with E-state index in [0.29, 0.717) is 11.0 Å². The molecule has 1 saturated heterocycles. The van der Waals surface area contributed by atoms with Crippen molar-refractivity contribution in [2.45, 2.75) is 19.4 Å². The molecule has 2 aromatic heterocycles. The highest BCUT2D eigenvalue weighted by molar-refractivity contribution is 5.89. The average Bonchev–Trinajstić information content (AvgIpc) is 3.60. The zero-order valence-corrected chi connectivity index (χ0v) is 20.6. The van der Waals surface area contributed by atoms with Crippen LogP contribution in [0.15, 0.2) is 79.3 Å². The molecule has 0 spiro atoms. The molecule has 0 unspecified atom stereocenters. The molecular formula is C30H27FN4O2. The van der Waals surface area contributed by atoms with Gasteiger partial charge < -0.3 is 9.84 Å². The van der Waals surface area contributed by atoms with Crippen LogP contribution in [-0.4, -0.2) is 44.7 Å². The maximum atomic E-state index is 15.6. The first-order valence-electron chi connectivity index (χ1n) is 12.4.